The third kappa shape index (κ3) is 7.75. The fraction of sp³-hybridized carbons (Fsp3) is 0.0417. The van der Waals surface area contributed by atoms with Crippen LogP contribution in [0.25, 0.3) is 6.08 Å². The van der Waals surface area contributed by atoms with Gasteiger partial charge in [0.15, 0.2) is 6.61 Å². The summed E-state index contributed by atoms with van der Waals surface area (Å²) in [5.41, 5.74) is 3.69. The molecular formula is C24H17BrCl2N2O4. The standard InChI is InChI=1S/C24H17BrCl2N2O4/c25-18-10-11-20(33-23(31)12-9-16-5-2-1-3-6-16)17(13-18)14-28-29-22(30)15-32-21-8-4-7-19(26)24(21)27/h1-14H,15H2,(H,29,30)/b12-9+,28-14-. The Kier molecular flexibility index (Phi) is 9.06. The van der Waals surface area contributed by atoms with Crippen molar-refractivity contribution in [3.05, 3.63) is 98.5 Å². The Morgan fingerprint density at radius 1 is 1.00 bits per heavy atom. The largest absolute Gasteiger partial charge is 0.482 e. The molecule has 0 saturated carbocycles. The number of hydrazone groups is 1. The minimum Gasteiger partial charge on any atom is -0.482 e. The summed E-state index contributed by atoms with van der Waals surface area (Å²) < 4.78 is 11.5. The van der Waals surface area contributed by atoms with Crippen molar-refractivity contribution in [3.63, 3.8) is 0 Å². The number of carbonyl (C=O) groups is 2. The lowest BCUT2D eigenvalue weighted by atomic mass is 10.2. The van der Waals surface area contributed by atoms with Gasteiger partial charge in [-0.05, 0) is 42.0 Å². The predicted molar refractivity (Wildman–Crippen MR) is 133 cm³/mol. The third-order valence-electron chi connectivity index (χ3n) is 4.06. The van der Waals surface area contributed by atoms with E-state index in [1.165, 1.54) is 12.3 Å². The zero-order chi connectivity index (χ0) is 23.6. The first-order chi connectivity index (χ1) is 15.9. The molecule has 0 aliphatic rings. The maximum absolute atomic E-state index is 12.2. The Morgan fingerprint density at radius 2 is 1.79 bits per heavy atom. The molecule has 6 nitrogen and oxygen atoms in total. The lowest BCUT2D eigenvalue weighted by molar-refractivity contribution is -0.129. The highest BCUT2D eigenvalue weighted by atomic mass is 79.9. The normalized spacial score (nSPS) is 11.0. The van der Waals surface area contributed by atoms with Crippen LogP contribution >= 0.6 is 39.1 Å². The Balaban J connectivity index is 1.59. The Hall–Kier alpha value is -3.13. The first kappa shape index (κ1) is 24.5. The van der Waals surface area contributed by atoms with E-state index in [2.05, 4.69) is 26.5 Å². The van der Waals surface area contributed by atoms with Gasteiger partial charge < -0.3 is 9.47 Å². The third-order valence-corrected chi connectivity index (χ3v) is 5.36. The van der Waals surface area contributed by atoms with Crippen LogP contribution in [0.2, 0.25) is 10.0 Å². The fourth-order valence-corrected chi connectivity index (χ4v) is 3.25. The number of benzene rings is 3. The first-order valence-corrected chi connectivity index (χ1v) is 11.1. The summed E-state index contributed by atoms with van der Waals surface area (Å²) in [6.07, 6.45) is 4.35. The van der Waals surface area contributed by atoms with Gasteiger partial charge in [0.05, 0.1) is 11.2 Å². The lowest BCUT2D eigenvalue weighted by Crippen LogP contribution is -2.24. The summed E-state index contributed by atoms with van der Waals surface area (Å²) in [5, 5.41) is 4.44. The predicted octanol–water partition coefficient (Wildman–Crippen LogP) is 5.90. The number of hydrogen-bond acceptors (Lipinski definition) is 5. The van der Waals surface area contributed by atoms with Crippen molar-refractivity contribution in [1.82, 2.24) is 5.43 Å². The van der Waals surface area contributed by atoms with Crippen molar-refractivity contribution in [2.24, 2.45) is 5.10 Å². The first-order valence-electron chi connectivity index (χ1n) is 9.55. The molecule has 0 aliphatic carbocycles. The number of hydrogen-bond donors (Lipinski definition) is 1. The van der Waals surface area contributed by atoms with Crippen LogP contribution in [0.1, 0.15) is 11.1 Å². The number of nitrogens with one attached hydrogen (secondary N) is 1. The maximum atomic E-state index is 12.2. The molecule has 9 heteroatoms. The monoisotopic (exact) mass is 546 g/mol. The van der Waals surface area contributed by atoms with Crippen LogP contribution in [0, 0.1) is 0 Å². The van der Waals surface area contributed by atoms with Crippen LogP contribution in [0.4, 0.5) is 0 Å². The average Bonchev–Trinajstić information content (AvgIpc) is 2.81. The molecule has 3 rings (SSSR count). The number of halogens is 3. The minimum atomic E-state index is -0.549. The molecule has 0 aromatic heterocycles. The number of carbonyl (C=O) groups excluding carboxylic acids is 2. The van der Waals surface area contributed by atoms with E-state index in [0.717, 1.165) is 10.0 Å². The SMILES string of the molecule is O=C(COc1cccc(Cl)c1Cl)N/N=C\c1cc(Br)ccc1OC(=O)/C=C/c1ccccc1. The van der Waals surface area contributed by atoms with E-state index in [-0.39, 0.29) is 23.1 Å². The number of rotatable bonds is 8. The van der Waals surface area contributed by atoms with Gasteiger partial charge >= 0.3 is 5.97 Å². The Labute approximate surface area is 208 Å². The quantitative estimate of drug-likeness (QED) is 0.125. The van der Waals surface area contributed by atoms with Crippen LogP contribution in [0.15, 0.2) is 82.4 Å². The molecule has 0 atom stereocenters. The van der Waals surface area contributed by atoms with E-state index in [1.54, 1.807) is 42.5 Å². The Bertz CT molecular complexity index is 1200. The second-order valence-electron chi connectivity index (χ2n) is 6.48. The van der Waals surface area contributed by atoms with Crippen LogP contribution < -0.4 is 14.9 Å². The number of ether oxygens (including phenoxy) is 2. The van der Waals surface area contributed by atoms with E-state index < -0.39 is 11.9 Å². The molecule has 0 spiro atoms. The molecule has 0 saturated heterocycles. The molecule has 3 aromatic carbocycles. The van der Waals surface area contributed by atoms with Gasteiger partial charge in [-0.3, -0.25) is 4.79 Å². The highest BCUT2D eigenvalue weighted by molar-refractivity contribution is 9.10. The maximum Gasteiger partial charge on any atom is 0.336 e. The van der Waals surface area contributed by atoms with Crippen LogP contribution in [0.5, 0.6) is 11.5 Å². The Morgan fingerprint density at radius 3 is 2.58 bits per heavy atom. The molecule has 0 fully saturated rings. The zero-order valence-electron chi connectivity index (χ0n) is 17.0. The smallest absolute Gasteiger partial charge is 0.336 e. The number of amides is 1. The summed E-state index contributed by atoms with van der Waals surface area (Å²) >= 11 is 15.3. The second-order valence-corrected chi connectivity index (χ2v) is 8.18. The van der Waals surface area contributed by atoms with Gasteiger partial charge in [-0.2, -0.15) is 5.10 Å². The average molecular weight is 548 g/mol. The van der Waals surface area contributed by atoms with E-state index in [0.29, 0.717) is 10.6 Å². The summed E-state index contributed by atoms with van der Waals surface area (Å²) in [6.45, 7) is -0.317. The summed E-state index contributed by atoms with van der Waals surface area (Å²) in [6, 6.07) is 19.3. The molecule has 33 heavy (non-hydrogen) atoms. The summed E-state index contributed by atoms with van der Waals surface area (Å²) in [5.74, 6) is -0.498. The molecule has 0 heterocycles. The van der Waals surface area contributed by atoms with E-state index in [4.69, 9.17) is 32.7 Å². The van der Waals surface area contributed by atoms with Gasteiger partial charge in [0.1, 0.15) is 16.5 Å². The number of esters is 1. The van der Waals surface area contributed by atoms with Gasteiger partial charge in [-0.25, -0.2) is 10.2 Å². The van der Waals surface area contributed by atoms with E-state index >= 15 is 0 Å². The van der Waals surface area contributed by atoms with Crippen molar-refractivity contribution in [3.8, 4) is 11.5 Å². The fourth-order valence-electron chi connectivity index (χ4n) is 2.53. The van der Waals surface area contributed by atoms with Gasteiger partial charge in [0.2, 0.25) is 0 Å². The molecule has 3 aromatic rings. The molecule has 0 radical (unpaired) electrons. The van der Waals surface area contributed by atoms with Crippen LogP contribution in [-0.2, 0) is 9.59 Å². The minimum absolute atomic E-state index is 0.220. The molecule has 1 amide bonds. The van der Waals surface area contributed by atoms with Gasteiger partial charge in [-0.1, -0.05) is 75.5 Å². The second kappa shape index (κ2) is 12.2. The molecule has 0 bridgehead atoms. The van der Waals surface area contributed by atoms with Gasteiger partial charge in [0, 0.05) is 16.1 Å². The van der Waals surface area contributed by atoms with Crippen molar-refractivity contribution in [2.75, 3.05) is 6.61 Å². The van der Waals surface area contributed by atoms with Gasteiger partial charge in [-0.15, -0.1) is 0 Å². The summed E-state index contributed by atoms with van der Waals surface area (Å²) in [4.78, 5) is 24.2. The topological polar surface area (TPSA) is 77.0 Å². The van der Waals surface area contributed by atoms with Crippen LogP contribution in [0.3, 0.4) is 0 Å². The molecular weight excluding hydrogens is 531 g/mol. The van der Waals surface area contributed by atoms with Crippen molar-refractivity contribution in [2.45, 2.75) is 0 Å². The van der Waals surface area contributed by atoms with Gasteiger partial charge in [0.25, 0.3) is 5.91 Å². The van der Waals surface area contributed by atoms with Crippen molar-refractivity contribution < 1.29 is 19.1 Å². The molecule has 168 valence electrons. The van der Waals surface area contributed by atoms with Crippen LogP contribution in [-0.4, -0.2) is 24.7 Å². The highest BCUT2D eigenvalue weighted by Gasteiger charge is 2.09. The zero-order valence-corrected chi connectivity index (χ0v) is 20.1. The number of nitrogens with zero attached hydrogens (tertiary/aromatic N) is 1. The van der Waals surface area contributed by atoms with Crippen molar-refractivity contribution in [1.29, 1.82) is 0 Å². The molecule has 1 N–H and O–H groups in total. The summed E-state index contributed by atoms with van der Waals surface area (Å²) in [7, 11) is 0. The van der Waals surface area contributed by atoms with E-state index in [9.17, 15) is 9.59 Å². The van der Waals surface area contributed by atoms with Crippen molar-refractivity contribution >= 4 is 63.3 Å². The highest BCUT2D eigenvalue weighted by Crippen LogP contribution is 2.31. The molecule has 0 aliphatic heterocycles. The van der Waals surface area contributed by atoms with E-state index in [1.807, 2.05) is 30.3 Å². The molecule has 0 unspecified atom stereocenters. The lowest BCUT2D eigenvalue weighted by Gasteiger charge is -2.08.